The van der Waals surface area contributed by atoms with Gasteiger partial charge in [-0.25, -0.2) is 0 Å². The summed E-state index contributed by atoms with van der Waals surface area (Å²) >= 11 is 0. The van der Waals surface area contributed by atoms with E-state index in [1.807, 2.05) is 0 Å². The fourth-order valence-corrected chi connectivity index (χ4v) is 2.22. The molecule has 0 saturated carbocycles. The molecular weight excluding hydrogens is 178 g/mol. The molecule has 3 nitrogen and oxygen atoms in total. The van der Waals surface area contributed by atoms with E-state index in [4.69, 9.17) is 9.47 Å². The van der Waals surface area contributed by atoms with Crippen LogP contribution in [0.2, 0.25) is 0 Å². The van der Waals surface area contributed by atoms with Crippen LogP contribution in [0.4, 0.5) is 0 Å². The summed E-state index contributed by atoms with van der Waals surface area (Å²) in [6.45, 7) is 10.2. The molecular formula is C11H23NO2. The van der Waals surface area contributed by atoms with Gasteiger partial charge in [0.25, 0.3) is 0 Å². The van der Waals surface area contributed by atoms with Crippen molar-refractivity contribution in [2.75, 3.05) is 20.3 Å². The third kappa shape index (κ3) is 2.94. The molecule has 1 fully saturated rings. The lowest BCUT2D eigenvalue weighted by atomic mass is 9.94. The van der Waals surface area contributed by atoms with Gasteiger partial charge in [-0.3, -0.25) is 0 Å². The first-order valence-corrected chi connectivity index (χ1v) is 5.30. The molecule has 0 aromatic carbocycles. The van der Waals surface area contributed by atoms with Crippen molar-refractivity contribution in [3.63, 3.8) is 0 Å². The smallest absolute Gasteiger partial charge is 0.0787 e. The fraction of sp³-hybridized carbons (Fsp3) is 1.00. The van der Waals surface area contributed by atoms with E-state index in [-0.39, 0.29) is 11.2 Å². The van der Waals surface area contributed by atoms with E-state index in [2.05, 4.69) is 33.0 Å². The zero-order valence-electron chi connectivity index (χ0n) is 10.0. The number of hydrogen-bond acceptors (Lipinski definition) is 3. The minimum Gasteiger partial charge on any atom is -0.383 e. The SMILES string of the molecule is COCCN[C@H]1CC(C)(C)OC1(C)C. The summed E-state index contributed by atoms with van der Waals surface area (Å²) in [5.41, 5.74) is -0.0779. The second kappa shape index (κ2) is 4.17. The molecule has 0 aromatic heterocycles. The topological polar surface area (TPSA) is 30.5 Å². The number of ether oxygens (including phenoxy) is 2. The number of rotatable bonds is 4. The summed E-state index contributed by atoms with van der Waals surface area (Å²) in [5.74, 6) is 0. The zero-order valence-corrected chi connectivity index (χ0v) is 10.0. The van der Waals surface area contributed by atoms with Gasteiger partial charge in [0.15, 0.2) is 0 Å². The summed E-state index contributed by atoms with van der Waals surface area (Å²) in [6.07, 6.45) is 1.06. The Kier molecular flexibility index (Phi) is 3.56. The normalized spacial score (nSPS) is 29.4. The van der Waals surface area contributed by atoms with Gasteiger partial charge in [-0.1, -0.05) is 0 Å². The van der Waals surface area contributed by atoms with Gasteiger partial charge in [-0.05, 0) is 34.1 Å². The highest BCUT2D eigenvalue weighted by atomic mass is 16.5. The van der Waals surface area contributed by atoms with Crippen LogP contribution in [0.5, 0.6) is 0 Å². The Bertz CT molecular complexity index is 190. The van der Waals surface area contributed by atoms with Crippen LogP contribution in [0, 0.1) is 0 Å². The van der Waals surface area contributed by atoms with Crippen molar-refractivity contribution < 1.29 is 9.47 Å². The molecule has 0 bridgehead atoms. The van der Waals surface area contributed by atoms with E-state index in [1.165, 1.54) is 0 Å². The van der Waals surface area contributed by atoms with E-state index in [0.717, 1.165) is 19.6 Å². The van der Waals surface area contributed by atoms with Crippen molar-refractivity contribution in [2.24, 2.45) is 0 Å². The monoisotopic (exact) mass is 201 g/mol. The summed E-state index contributed by atoms with van der Waals surface area (Å²) in [4.78, 5) is 0. The van der Waals surface area contributed by atoms with Gasteiger partial charge in [0.1, 0.15) is 0 Å². The highest BCUT2D eigenvalue weighted by Gasteiger charge is 2.45. The Morgan fingerprint density at radius 2 is 2.00 bits per heavy atom. The molecule has 3 heteroatoms. The molecule has 1 rings (SSSR count). The number of nitrogens with one attached hydrogen (secondary N) is 1. The molecule has 0 aromatic rings. The van der Waals surface area contributed by atoms with Crippen LogP contribution < -0.4 is 5.32 Å². The molecule has 1 heterocycles. The van der Waals surface area contributed by atoms with Crippen LogP contribution in [0.25, 0.3) is 0 Å². The summed E-state index contributed by atoms with van der Waals surface area (Å²) in [5, 5.41) is 3.48. The second-order valence-corrected chi connectivity index (χ2v) is 5.17. The lowest BCUT2D eigenvalue weighted by Crippen LogP contribution is -2.44. The predicted molar refractivity (Wildman–Crippen MR) is 57.5 cm³/mol. The van der Waals surface area contributed by atoms with E-state index < -0.39 is 0 Å². The van der Waals surface area contributed by atoms with Crippen LogP contribution >= 0.6 is 0 Å². The molecule has 0 unspecified atom stereocenters. The fourth-order valence-electron chi connectivity index (χ4n) is 2.22. The van der Waals surface area contributed by atoms with Crippen LogP contribution in [0.3, 0.4) is 0 Å². The molecule has 0 radical (unpaired) electrons. The van der Waals surface area contributed by atoms with E-state index in [0.29, 0.717) is 6.04 Å². The van der Waals surface area contributed by atoms with Crippen LogP contribution in [-0.4, -0.2) is 37.5 Å². The Hall–Kier alpha value is -0.120. The van der Waals surface area contributed by atoms with Crippen molar-refractivity contribution in [1.82, 2.24) is 5.32 Å². The largest absolute Gasteiger partial charge is 0.383 e. The molecule has 1 aliphatic rings. The van der Waals surface area contributed by atoms with Gasteiger partial charge < -0.3 is 14.8 Å². The minimum atomic E-state index is -0.0722. The first-order valence-electron chi connectivity index (χ1n) is 5.30. The molecule has 1 atom stereocenters. The lowest BCUT2D eigenvalue weighted by molar-refractivity contribution is -0.0699. The second-order valence-electron chi connectivity index (χ2n) is 5.17. The van der Waals surface area contributed by atoms with Crippen molar-refractivity contribution in [3.8, 4) is 0 Å². The maximum atomic E-state index is 5.98. The molecule has 1 N–H and O–H groups in total. The first kappa shape index (κ1) is 12.0. The Morgan fingerprint density at radius 1 is 1.36 bits per heavy atom. The summed E-state index contributed by atoms with van der Waals surface area (Å²) in [6, 6.07) is 0.424. The molecule has 0 spiro atoms. The third-order valence-corrected chi connectivity index (χ3v) is 2.77. The Labute approximate surface area is 87.2 Å². The molecule has 1 aliphatic heterocycles. The van der Waals surface area contributed by atoms with Crippen LogP contribution in [-0.2, 0) is 9.47 Å². The third-order valence-electron chi connectivity index (χ3n) is 2.77. The average molecular weight is 201 g/mol. The number of hydrogen-bond donors (Lipinski definition) is 1. The van der Waals surface area contributed by atoms with Crippen molar-refractivity contribution >= 4 is 0 Å². The zero-order chi connectivity index (χ0) is 10.8. The van der Waals surface area contributed by atoms with Gasteiger partial charge in [0.2, 0.25) is 0 Å². The lowest BCUT2D eigenvalue weighted by Gasteiger charge is -2.27. The van der Waals surface area contributed by atoms with Crippen molar-refractivity contribution in [2.45, 2.75) is 51.4 Å². The van der Waals surface area contributed by atoms with E-state index in [1.54, 1.807) is 7.11 Å². The van der Waals surface area contributed by atoms with Crippen LogP contribution in [0.15, 0.2) is 0 Å². The molecule has 14 heavy (non-hydrogen) atoms. The highest BCUT2D eigenvalue weighted by Crippen LogP contribution is 2.36. The maximum Gasteiger partial charge on any atom is 0.0787 e. The summed E-state index contributed by atoms with van der Waals surface area (Å²) in [7, 11) is 1.72. The van der Waals surface area contributed by atoms with Gasteiger partial charge in [-0.15, -0.1) is 0 Å². The maximum absolute atomic E-state index is 5.98. The van der Waals surface area contributed by atoms with Gasteiger partial charge in [0.05, 0.1) is 17.8 Å². The van der Waals surface area contributed by atoms with Gasteiger partial charge >= 0.3 is 0 Å². The van der Waals surface area contributed by atoms with E-state index in [9.17, 15) is 0 Å². The highest BCUT2D eigenvalue weighted by molar-refractivity contribution is 4.98. The summed E-state index contributed by atoms with van der Waals surface area (Å²) < 4.78 is 11.0. The molecule has 0 aliphatic carbocycles. The van der Waals surface area contributed by atoms with Crippen molar-refractivity contribution in [1.29, 1.82) is 0 Å². The Balaban J connectivity index is 2.44. The van der Waals surface area contributed by atoms with Crippen molar-refractivity contribution in [3.05, 3.63) is 0 Å². The first-order chi connectivity index (χ1) is 6.37. The van der Waals surface area contributed by atoms with E-state index >= 15 is 0 Å². The Morgan fingerprint density at radius 3 is 2.43 bits per heavy atom. The molecule has 0 amide bonds. The van der Waals surface area contributed by atoms with Gasteiger partial charge in [0, 0.05) is 19.7 Å². The molecule has 1 saturated heterocycles. The average Bonchev–Trinajstić information content (AvgIpc) is 2.20. The van der Waals surface area contributed by atoms with Crippen LogP contribution in [0.1, 0.15) is 34.1 Å². The quantitative estimate of drug-likeness (QED) is 0.700. The molecule has 84 valence electrons. The standard InChI is InChI=1S/C11H23NO2/c1-10(2)8-9(11(3,4)14-10)12-6-7-13-5/h9,12H,6-8H2,1-5H3/t9-/m0/s1. The predicted octanol–water partition coefficient (Wildman–Crippen LogP) is 1.57. The minimum absolute atomic E-state index is 0.00572. The van der Waals surface area contributed by atoms with Gasteiger partial charge in [-0.2, -0.15) is 0 Å². The number of methoxy groups -OCH3 is 1.